The molecule has 0 radical (unpaired) electrons. The second-order valence-corrected chi connectivity index (χ2v) is 4.79. The molecule has 0 bridgehead atoms. The summed E-state index contributed by atoms with van der Waals surface area (Å²) in [7, 11) is 0. The van der Waals surface area contributed by atoms with Crippen molar-refractivity contribution >= 4 is 0 Å². The number of piperazine rings is 1. The van der Waals surface area contributed by atoms with E-state index < -0.39 is 0 Å². The molecule has 0 saturated carbocycles. The average Bonchev–Trinajstić information content (AvgIpc) is 2.29. The monoisotopic (exact) mass is 226 g/mol. The third-order valence-corrected chi connectivity index (χ3v) is 3.11. The van der Waals surface area contributed by atoms with Crippen molar-refractivity contribution in [1.29, 1.82) is 0 Å². The molecule has 1 aliphatic rings. The van der Waals surface area contributed by atoms with E-state index in [9.17, 15) is 0 Å². The zero-order valence-corrected chi connectivity index (χ0v) is 10.7. The van der Waals surface area contributed by atoms with Crippen LogP contribution in [0.1, 0.15) is 20.3 Å². The van der Waals surface area contributed by atoms with Crippen LogP contribution in [-0.2, 0) is 4.74 Å². The van der Waals surface area contributed by atoms with Gasteiger partial charge in [0, 0.05) is 32.2 Å². The summed E-state index contributed by atoms with van der Waals surface area (Å²) in [5, 5.41) is 3.56. The van der Waals surface area contributed by atoms with Gasteiger partial charge in [0.15, 0.2) is 0 Å². The molecule has 1 aliphatic heterocycles. The quantitative estimate of drug-likeness (QED) is 0.526. The van der Waals surface area contributed by atoms with Gasteiger partial charge in [-0.2, -0.15) is 0 Å². The number of nitrogens with zero attached hydrogens (tertiary/aromatic N) is 1. The van der Waals surface area contributed by atoms with Crippen molar-refractivity contribution in [3.63, 3.8) is 0 Å². The third-order valence-electron chi connectivity index (χ3n) is 3.11. The van der Waals surface area contributed by atoms with Crippen LogP contribution in [0.3, 0.4) is 0 Å². The van der Waals surface area contributed by atoms with Gasteiger partial charge in [-0.1, -0.05) is 19.9 Å². The number of nitrogens with one attached hydrogen (secondary N) is 1. The average molecular weight is 226 g/mol. The van der Waals surface area contributed by atoms with Crippen LogP contribution >= 0.6 is 0 Å². The van der Waals surface area contributed by atoms with Gasteiger partial charge < -0.3 is 10.1 Å². The lowest BCUT2D eigenvalue weighted by Crippen LogP contribution is -2.53. The minimum atomic E-state index is 0.641. The second kappa shape index (κ2) is 7.82. The molecule has 0 aliphatic carbocycles. The van der Waals surface area contributed by atoms with E-state index >= 15 is 0 Å². The van der Waals surface area contributed by atoms with E-state index in [0.717, 1.165) is 45.8 Å². The van der Waals surface area contributed by atoms with Crippen LogP contribution in [0, 0.1) is 5.92 Å². The zero-order valence-electron chi connectivity index (χ0n) is 10.7. The fraction of sp³-hybridized carbons (Fsp3) is 0.846. The largest absolute Gasteiger partial charge is 0.380 e. The van der Waals surface area contributed by atoms with Crippen LogP contribution in [0.5, 0.6) is 0 Å². The highest BCUT2D eigenvalue weighted by Gasteiger charge is 2.20. The molecule has 0 aromatic carbocycles. The van der Waals surface area contributed by atoms with E-state index in [1.54, 1.807) is 0 Å². The molecule has 1 rings (SSSR count). The Morgan fingerprint density at radius 1 is 1.50 bits per heavy atom. The summed E-state index contributed by atoms with van der Waals surface area (Å²) in [5.41, 5.74) is 0. The number of hydrogen-bond donors (Lipinski definition) is 1. The van der Waals surface area contributed by atoms with Gasteiger partial charge in [0.1, 0.15) is 0 Å². The molecule has 0 spiro atoms. The van der Waals surface area contributed by atoms with E-state index in [1.807, 2.05) is 6.08 Å². The Kier molecular flexibility index (Phi) is 6.69. The van der Waals surface area contributed by atoms with Gasteiger partial charge in [0.2, 0.25) is 0 Å². The molecule has 0 aromatic heterocycles. The van der Waals surface area contributed by atoms with Gasteiger partial charge in [0.05, 0.1) is 13.2 Å². The minimum Gasteiger partial charge on any atom is -0.380 e. The fourth-order valence-corrected chi connectivity index (χ4v) is 1.95. The lowest BCUT2D eigenvalue weighted by atomic mass is 10.0. The minimum absolute atomic E-state index is 0.641. The first kappa shape index (κ1) is 13.7. The summed E-state index contributed by atoms with van der Waals surface area (Å²) in [5.74, 6) is 0.712. The van der Waals surface area contributed by atoms with Crippen molar-refractivity contribution in [2.24, 2.45) is 5.92 Å². The molecule has 0 amide bonds. The third kappa shape index (κ3) is 5.10. The maximum atomic E-state index is 5.54. The Hall–Kier alpha value is -0.380. The number of ether oxygens (including phenoxy) is 1. The topological polar surface area (TPSA) is 24.5 Å². The highest BCUT2D eigenvalue weighted by molar-refractivity contribution is 4.80. The number of rotatable bonds is 7. The van der Waals surface area contributed by atoms with Gasteiger partial charge in [0.25, 0.3) is 0 Å². The van der Waals surface area contributed by atoms with Gasteiger partial charge in [-0.15, -0.1) is 6.58 Å². The summed E-state index contributed by atoms with van der Waals surface area (Å²) >= 11 is 0. The molecular weight excluding hydrogens is 200 g/mol. The van der Waals surface area contributed by atoms with Gasteiger partial charge in [-0.05, 0) is 12.3 Å². The van der Waals surface area contributed by atoms with Crippen LogP contribution in [0.2, 0.25) is 0 Å². The molecular formula is C13H26N2O. The first-order valence-corrected chi connectivity index (χ1v) is 6.38. The maximum absolute atomic E-state index is 5.54. The second-order valence-electron chi connectivity index (χ2n) is 4.79. The molecule has 16 heavy (non-hydrogen) atoms. The van der Waals surface area contributed by atoms with E-state index in [0.29, 0.717) is 12.0 Å². The lowest BCUT2D eigenvalue weighted by Gasteiger charge is -2.35. The van der Waals surface area contributed by atoms with Crippen LogP contribution in [0.4, 0.5) is 0 Å². The first-order valence-electron chi connectivity index (χ1n) is 6.38. The van der Waals surface area contributed by atoms with E-state index in [1.165, 1.54) is 0 Å². The molecule has 1 N–H and O–H groups in total. The Morgan fingerprint density at radius 3 is 3.00 bits per heavy atom. The van der Waals surface area contributed by atoms with Crippen molar-refractivity contribution < 1.29 is 4.74 Å². The predicted molar refractivity (Wildman–Crippen MR) is 68.7 cm³/mol. The Bertz CT molecular complexity index is 194. The molecule has 3 heteroatoms. The van der Waals surface area contributed by atoms with Crippen LogP contribution in [0.15, 0.2) is 12.7 Å². The van der Waals surface area contributed by atoms with Gasteiger partial charge in [-0.3, -0.25) is 4.90 Å². The molecule has 0 aromatic rings. The SMILES string of the molecule is C=CCCOCCN1CCNC(C(C)C)C1. The van der Waals surface area contributed by atoms with Crippen LogP contribution in [0.25, 0.3) is 0 Å². The van der Waals surface area contributed by atoms with Crippen LogP contribution in [-0.4, -0.2) is 50.3 Å². The maximum Gasteiger partial charge on any atom is 0.0593 e. The summed E-state index contributed by atoms with van der Waals surface area (Å²) < 4.78 is 5.54. The van der Waals surface area contributed by atoms with Crippen LogP contribution < -0.4 is 5.32 Å². The van der Waals surface area contributed by atoms with Crippen molar-refractivity contribution in [1.82, 2.24) is 10.2 Å². The molecule has 1 atom stereocenters. The van der Waals surface area contributed by atoms with Gasteiger partial charge in [-0.25, -0.2) is 0 Å². The predicted octanol–water partition coefficient (Wildman–Crippen LogP) is 1.51. The van der Waals surface area contributed by atoms with E-state index in [4.69, 9.17) is 4.74 Å². The molecule has 3 nitrogen and oxygen atoms in total. The summed E-state index contributed by atoms with van der Waals surface area (Å²) in [6, 6.07) is 0.641. The highest BCUT2D eigenvalue weighted by atomic mass is 16.5. The smallest absolute Gasteiger partial charge is 0.0593 e. The van der Waals surface area contributed by atoms with Crippen molar-refractivity contribution in [3.8, 4) is 0 Å². The van der Waals surface area contributed by atoms with Crippen molar-refractivity contribution in [3.05, 3.63) is 12.7 Å². The Labute approximate surface area is 99.8 Å². The first-order chi connectivity index (χ1) is 7.74. The summed E-state index contributed by atoms with van der Waals surface area (Å²) in [6.07, 6.45) is 2.86. The normalized spacial score (nSPS) is 22.6. The standard InChI is InChI=1S/C13H26N2O/c1-4-5-9-16-10-8-15-7-6-14-13(11-15)12(2)3/h4,12-14H,1,5-11H2,2-3H3. The van der Waals surface area contributed by atoms with Gasteiger partial charge >= 0.3 is 0 Å². The highest BCUT2D eigenvalue weighted by Crippen LogP contribution is 2.07. The van der Waals surface area contributed by atoms with E-state index in [-0.39, 0.29) is 0 Å². The lowest BCUT2D eigenvalue weighted by molar-refractivity contribution is 0.0893. The molecule has 1 unspecified atom stereocenters. The van der Waals surface area contributed by atoms with Crippen molar-refractivity contribution in [2.75, 3.05) is 39.4 Å². The fourth-order valence-electron chi connectivity index (χ4n) is 1.95. The molecule has 1 fully saturated rings. The molecule has 1 saturated heterocycles. The van der Waals surface area contributed by atoms with E-state index in [2.05, 4.69) is 30.6 Å². The summed E-state index contributed by atoms with van der Waals surface area (Å²) in [4.78, 5) is 2.50. The number of hydrogen-bond acceptors (Lipinski definition) is 3. The van der Waals surface area contributed by atoms with Crippen molar-refractivity contribution in [2.45, 2.75) is 26.3 Å². The zero-order chi connectivity index (χ0) is 11.8. The summed E-state index contributed by atoms with van der Waals surface area (Å²) in [6.45, 7) is 14.4. The Balaban J connectivity index is 2.09. The molecule has 1 heterocycles. The molecule has 94 valence electrons. The Morgan fingerprint density at radius 2 is 2.31 bits per heavy atom.